The minimum absolute atomic E-state index is 0.978. The lowest BCUT2D eigenvalue weighted by atomic mass is 10.1. The van der Waals surface area contributed by atoms with Gasteiger partial charge in [-0.25, -0.2) is 4.98 Å². The summed E-state index contributed by atoms with van der Waals surface area (Å²) in [6.45, 7) is 2.02. The molecule has 1 heterocycles. The minimum atomic E-state index is 0.978. The highest BCUT2D eigenvalue weighted by atomic mass is 79.9. The monoisotopic (exact) mass is 278 g/mol. The fourth-order valence-corrected chi connectivity index (χ4v) is 2.26. The Balaban J connectivity index is 2.08. The van der Waals surface area contributed by atoms with E-state index in [9.17, 15) is 0 Å². The topological polar surface area (TPSA) is 17.8 Å². The first-order chi connectivity index (χ1) is 7.68. The van der Waals surface area contributed by atoms with Crippen molar-refractivity contribution in [3.05, 3.63) is 52.0 Å². The fourth-order valence-electron chi connectivity index (χ4n) is 1.72. The highest BCUT2D eigenvalue weighted by molar-refractivity contribution is 9.10. The molecule has 0 aliphatic heterocycles. The quantitative estimate of drug-likeness (QED) is 0.843. The second-order valence-electron chi connectivity index (χ2n) is 3.94. The summed E-state index contributed by atoms with van der Waals surface area (Å²) in [4.78, 5) is 4.54. The number of imidazole rings is 1. The van der Waals surface area contributed by atoms with Crippen LogP contribution in [0.15, 0.2) is 34.9 Å². The maximum atomic E-state index is 4.54. The van der Waals surface area contributed by atoms with Crippen LogP contribution >= 0.6 is 15.9 Å². The third kappa shape index (κ3) is 2.35. The zero-order valence-electron chi connectivity index (χ0n) is 9.57. The maximum Gasteiger partial charge on any atom is 0.108 e. The lowest BCUT2D eigenvalue weighted by Crippen LogP contribution is -1.93. The van der Waals surface area contributed by atoms with Crippen LogP contribution in [0.25, 0.3) is 0 Å². The zero-order chi connectivity index (χ0) is 11.5. The van der Waals surface area contributed by atoms with Gasteiger partial charge in [0.25, 0.3) is 0 Å². The molecular formula is C13H15BrN2. The van der Waals surface area contributed by atoms with Crippen molar-refractivity contribution in [3.8, 4) is 0 Å². The molecule has 0 atom stereocenters. The van der Waals surface area contributed by atoms with E-state index < -0.39 is 0 Å². The van der Waals surface area contributed by atoms with E-state index in [1.165, 1.54) is 5.56 Å². The SMILES string of the molecule is Cc1nc(CCc2ccccc2)c(Br)n1C. The predicted octanol–water partition coefficient (Wildman–Crippen LogP) is 3.28. The molecule has 84 valence electrons. The van der Waals surface area contributed by atoms with E-state index in [1.54, 1.807) is 0 Å². The first kappa shape index (κ1) is 11.4. The molecule has 16 heavy (non-hydrogen) atoms. The molecule has 2 nitrogen and oxygen atoms in total. The molecule has 0 aliphatic rings. The summed E-state index contributed by atoms with van der Waals surface area (Å²) in [6, 6.07) is 10.5. The molecule has 1 aromatic carbocycles. The zero-order valence-corrected chi connectivity index (χ0v) is 11.2. The Bertz CT molecular complexity index is 474. The molecule has 0 N–H and O–H groups in total. The lowest BCUT2D eigenvalue weighted by Gasteiger charge is -2.00. The molecule has 0 spiro atoms. The average Bonchev–Trinajstić information content (AvgIpc) is 2.56. The van der Waals surface area contributed by atoms with E-state index in [2.05, 4.69) is 49.7 Å². The van der Waals surface area contributed by atoms with Gasteiger partial charge in [0.2, 0.25) is 0 Å². The second kappa shape index (κ2) is 4.83. The van der Waals surface area contributed by atoms with Gasteiger partial charge in [0, 0.05) is 7.05 Å². The van der Waals surface area contributed by atoms with E-state index >= 15 is 0 Å². The van der Waals surface area contributed by atoms with Crippen molar-refractivity contribution in [2.75, 3.05) is 0 Å². The molecule has 0 fully saturated rings. The standard InChI is InChI=1S/C13H15BrN2/c1-10-15-12(13(14)16(10)2)9-8-11-6-4-3-5-7-11/h3-7H,8-9H2,1-2H3. The van der Waals surface area contributed by atoms with Crippen molar-refractivity contribution in [2.24, 2.45) is 7.05 Å². The van der Waals surface area contributed by atoms with Crippen LogP contribution in [0.5, 0.6) is 0 Å². The van der Waals surface area contributed by atoms with Gasteiger partial charge in [-0.1, -0.05) is 30.3 Å². The van der Waals surface area contributed by atoms with E-state index in [0.717, 1.165) is 29.0 Å². The predicted molar refractivity (Wildman–Crippen MR) is 69.5 cm³/mol. The van der Waals surface area contributed by atoms with E-state index in [4.69, 9.17) is 0 Å². The van der Waals surface area contributed by atoms with Crippen LogP contribution in [0, 0.1) is 6.92 Å². The third-order valence-electron chi connectivity index (χ3n) is 2.81. The summed E-state index contributed by atoms with van der Waals surface area (Å²) in [5.41, 5.74) is 2.50. The lowest BCUT2D eigenvalue weighted by molar-refractivity contribution is 0.838. The molecule has 0 aliphatic carbocycles. The van der Waals surface area contributed by atoms with Crippen molar-refractivity contribution < 1.29 is 0 Å². The molecule has 0 unspecified atom stereocenters. The van der Waals surface area contributed by atoms with Gasteiger partial charge >= 0.3 is 0 Å². The highest BCUT2D eigenvalue weighted by Crippen LogP contribution is 2.18. The first-order valence-corrected chi connectivity index (χ1v) is 6.19. The van der Waals surface area contributed by atoms with Gasteiger partial charge in [0.15, 0.2) is 0 Å². The largest absolute Gasteiger partial charge is 0.326 e. The summed E-state index contributed by atoms with van der Waals surface area (Å²) < 4.78 is 3.17. The molecule has 0 saturated carbocycles. The average molecular weight is 279 g/mol. The number of hydrogen-bond acceptors (Lipinski definition) is 1. The Morgan fingerprint density at radius 2 is 1.88 bits per heavy atom. The second-order valence-corrected chi connectivity index (χ2v) is 4.69. The van der Waals surface area contributed by atoms with Crippen LogP contribution in [0.3, 0.4) is 0 Å². The Morgan fingerprint density at radius 1 is 1.19 bits per heavy atom. The summed E-state index contributed by atoms with van der Waals surface area (Å²) in [5.74, 6) is 1.05. The number of aryl methyl sites for hydroxylation is 3. The fraction of sp³-hybridized carbons (Fsp3) is 0.308. The number of aromatic nitrogens is 2. The number of benzene rings is 1. The number of hydrogen-bond donors (Lipinski definition) is 0. The number of rotatable bonds is 3. The Morgan fingerprint density at radius 3 is 2.44 bits per heavy atom. The normalized spacial score (nSPS) is 10.7. The van der Waals surface area contributed by atoms with Crippen molar-refractivity contribution in [2.45, 2.75) is 19.8 Å². The summed E-state index contributed by atoms with van der Waals surface area (Å²) in [7, 11) is 2.03. The third-order valence-corrected chi connectivity index (χ3v) is 3.80. The first-order valence-electron chi connectivity index (χ1n) is 5.40. The Hall–Kier alpha value is -1.09. The molecule has 0 amide bonds. The van der Waals surface area contributed by atoms with Gasteiger partial charge in [0.05, 0.1) is 5.69 Å². The Labute approximate surface area is 104 Å². The van der Waals surface area contributed by atoms with Crippen molar-refractivity contribution >= 4 is 15.9 Å². The summed E-state index contributed by atoms with van der Waals surface area (Å²) in [5, 5.41) is 0. The summed E-state index contributed by atoms with van der Waals surface area (Å²) in [6.07, 6.45) is 2.02. The van der Waals surface area contributed by atoms with Gasteiger partial charge in [-0.2, -0.15) is 0 Å². The van der Waals surface area contributed by atoms with Crippen LogP contribution in [-0.4, -0.2) is 9.55 Å². The van der Waals surface area contributed by atoms with Gasteiger partial charge < -0.3 is 4.57 Å². The smallest absolute Gasteiger partial charge is 0.108 e. The van der Waals surface area contributed by atoms with Gasteiger partial charge in [-0.3, -0.25) is 0 Å². The van der Waals surface area contributed by atoms with Gasteiger partial charge in [0.1, 0.15) is 10.4 Å². The molecular weight excluding hydrogens is 264 g/mol. The highest BCUT2D eigenvalue weighted by Gasteiger charge is 2.08. The van der Waals surface area contributed by atoms with Crippen LogP contribution in [0.4, 0.5) is 0 Å². The minimum Gasteiger partial charge on any atom is -0.326 e. The number of halogens is 1. The molecule has 2 aromatic rings. The van der Waals surface area contributed by atoms with Gasteiger partial charge in [-0.15, -0.1) is 0 Å². The molecule has 0 radical (unpaired) electrons. The molecule has 0 bridgehead atoms. The van der Waals surface area contributed by atoms with E-state index in [0.29, 0.717) is 0 Å². The van der Waals surface area contributed by atoms with Crippen LogP contribution in [0.1, 0.15) is 17.1 Å². The van der Waals surface area contributed by atoms with Gasteiger partial charge in [-0.05, 0) is 41.3 Å². The maximum absolute atomic E-state index is 4.54. The molecule has 0 saturated heterocycles. The molecule has 3 heteroatoms. The Kier molecular flexibility index (Phi) is 3.44. The van der Waals surface area contributed by atoms with Crippen molar-refractivity contribution in [1.29, 1.82) is 0 Å². The van der Waals surface area contributed by atoms with Crippen molar-refractivity contribution in [1.82, 2.24) is 9.55 Å². The van der Waals surface area contributed by atoms with Crippen LogP contribution in [0.2, 0.25) is 0 Å². The summed E-state index contributed by atoms with van der Waals surface area (Å²) >= 11 is 3.58. The van der Waals surface area contributed by atoms with Crippen molar-refractivity contribution in [3.63, 3.8) is 0 Å². The number of nitrogens with zero attached hydrogens (tertiary/aromatic N) is 2. The van der Waals surface area contributed by atoms with Crippen LogP contribution in [-0.2, 0) is 19.9 Å². The van der Waals surface area contributed by atoms with E-state index in [1.807, 2.05) is 20.0 Å². The van der Waals surface area contributed by atoms with Crippen LogP contribution < -0.4 is 0 Å². The molecule has 2 rings (SSSR count). The van der Waals surface area contributed by atoms with E-state index in [-0.39, 0.29) is 0 Å². The molecule has 1 aromatic heterocycles.